The molecule has 0 unspecified atom stereocenters. The van der Waals surface area contributed by atoms with Gasteiger partial charge in [0.1, 0.15) is 24.3 Å². The molecule has 0 saturated heterocycles. The monoisotopic (exact) mass is 278 g/mol. The number of hydrogen-bond donors (Lipinski definition) is 0. The minimum atomic E-state index is -0.0260. The first kappa shape index (κ1) is 14.1. The first-order valence-electron chi connectivity index (χ1n) is 4.87. The molecule has 0 heterocycles. The summed E-state index contributed by atoms with van der Waals surface area (Å²) in [5.41, 5.74) is 0.538. The second kappa shape index (κ2) is 6.71. The second-order valence-corrected chi connectivity index (χ2v) is 4.01. The molecule has 0 amide bonds. The van der Waals surface area contributed by atoms with Crippen molar-refractivity contribution >= 4 is 29.3 Å². The van der Waals surface area contributed by atoms with Crippen LogP contribution < -0.4 is 4.74 Å². The molecule has 1 aromatic carbocycles. The Hall–Kier alpha value is -1.94. The lowest BCUT2D eigenvalue weighted by Crippen LogP contribution is -1.95. The van der Waals surface area contributed by atoms with Gasteiger partial charge in [-0.3, -0.25) is 0 Å². The van der Waals surface area contributed by atoms with Crippen LogP contribution >= 0.6 is 23.2 Å². The standard InChI is InChI=1S/C13H8Cl2N2O/c1-2-3-18-13-11(14)5-9(6-12(13)15)4-10(7-16)8-17/h2,4-6H,1,3H2. The van der Waals surface area contributed by atoms with Gasteiger partial charge < -0.3 is 4.74 Å². The highest BCUT2D eigenvalue weighted by atomic mass is 35.5. The third-order valence-corrected chi connectivity index (χ3v) is 2.48. The van der Waals surface area contributed by atoms with Crippen LogP contribution in [0, 0.1) is 22.7 Å². The maximum Gasteiger partial charge on any atom is 0.156 e. The van der Waals surface area contributed by atoms with Gasteiger partial charge in [0.2, 0.25) is 0 Å². The Morgan fingerprint density at radius 2 is 1.83 bits per heavy atom. The summed E-state index contributed by atoms with van der Waals surface area (Å²) in [4.78, 5) is 0. The number of ether oxygens (including phenoxy) is 1. The summed E-state index contributed by atoms with van der Waals surface area (Å²) in [7, 11) is 0. The van der Waals surface area contributed by atoms with E-state index in [2.05, 4.69) is 6.58 Å². The van der Waals surface area contributed by atoms with Crippen molar-refractivity contribution in [3.8, 4) is 17.9 Å². The van der Waals surface area contributed by atoms with Gasteiger partial charge in [0.15, 0.2) is 5.75 Å². The SMILES string of the molecule is C=CCOc1c(Cl)cc(C=C(C#N)C#N)cc1Cl. The van der Waals surface area contributed by atoms with E-state index in [9.17, 15) is 0 Å². The normalized spacial score (nSPS) is 8.89. The fourth-order valence-electron chi connectivity index (χ4n) is 1.20. The molecule has 1 rings (SSSR count). The molecular formula is C13H8Cl2N2O. The van der Waals surface area contributed by atoms with Crippen LogP contribution in [0.3, 0.4) is 0 Å². The average molecular weight is 279 g/mol. The number of nitrogens with zero attached hydrogens (tertiary/aromatic N) is 2. The molecule has 0 spiro atoms. The molecule has 0 atom stereocenters. The molecule has 0 N–H and O–H groups in total. The highest BCUT2D eigenvalue weighted by Gasteiger charge is 2.09. The molecule has 0 fully saturated rings. The zero-order chi connectivity index (χ0) is 13.5. The van der Waals surface area contributed by atoms with Gasteiger partial charge in [0, 0.05) is 0 Å². The smallest absolute Gasteiger partial charge is 0.156 e. The Morgan fingerprint density at radius 3 is 2.28 bits per heavy atom. The number of benzene rings is 1. The minimum absolute atomic E-state index is 0.0260. The van der Waals surface area contributed by atoms with E-state index in [-0.39, 0.29) is 12.2 Å². The Labute approximate surface area is 115 Å². The van der Waals surface area contributed by atoms with Crippen molar-refractivity contribution in [2.24, 2.45) is 0 Å². The van der Waals surface area contributed by atoms with Crippen molar-refractivity contribution in [1.82, 2.24) is 0 Å². The predicted octanol–water partition coefficient (Wildman–Crippen LogP) is 3.99. The molecule has 0 aliphatic heterocycles. The summed E-state index contributed by atoms with van der Waals surface area (Å²) >= 11 is 12.0. The lowest BCUT2D eigenvalue weighted by Gasteiger charge is -2.08. The average Bonchev–Trinajstić information content (AvgIpc) is 2.35. The Kier molecular flexibility index (Phi) is 5.27. The van der Waals surface area contributed by atoms with Gasteiger partial charge in [0.25, 0.3) is 0 Å². The molecular weight excluding hydrogens is 271 g/mol. The summed E-state index contributed by atoms with van der Waals surface area (Å²) in [6.45, 7) is 3.81. The molecule has 0 aromatic heterocycles. The van der Waals surface area contributed by atoms with Gasteiger partial charge in [-0.05, 0) is 23.8 Å². The van der Waals surface area contributed by atoms with Crippen LogP contribution in [0.4, 0.5) is 0 Å². The number of allylic oxidation sites excluding steroid dienone is 1. The summed E-state index contributed by atoms with van der Waals surface area (Å²) < 4.78 is 5.30. The third kappa shape index (κ3) is 3.53. The molecule has 18 heavy (non-hydrogen) atoms. The fourth-order valence-corrected chi connectivity index (χ4v) is 1.81. The molecule has 0 saturated carbocycles. The van der Waals surface area contributed by atoms with Crippen LogP contribution in [0.5, 0.6) is 5.75 Å². The minimum Gasteiger partial charge on any atom is -0.486 e. The van der Waals surface area contributed by atoms with Crippen LogP contribution in [0.25, 0.3) is 6.08 Å². The van der Waals surface area contributed by atoms with Gasteiger partial charge in [-0.25, -0.2) is 0 Å². The van der Waals surface area contributed by atoms with E-state index >= 15 is 0 Å². The van der Waals surface area contributed by atoms with Crippen molar-refractivity contribution in [2.45, 2.75) is 0 Å². The Balaban J connectivity index is 3.15. The first-order chi connectivity index (χ1) is 8.62. The number of rotatable bonds is 4. The van der Waals surface area contributed by atoms with Crippen molar-refractivity contribution in [3.63, 3.8) is 0 Å². The molecule has 0 aliphatic carbocycles. The number of hydrogen-bond acceptors (Lipinski definition) is 3. The highest BCUT2D eigenvalue weighted by molar-refractivity contribution is 6.37. The Bertz CT molecular complexity index is 541. The second-order valence-electron chi connectivity index (χ2n) is 3.19. The summed E-state index contributed by atoms with van der Waals surface area (Å²) in [6, 6.07) is 6.65. The van der Waals surface area contributed by atoms with Crippen molar-refractivity contribution < 1.29 is 4.74 Å². The van der Waals surface area contributed by atoms with Crippen LogP contribution in [0.15, 0.2) is 30.4 Å². The van der Waals surface area contributed by atoms with E-state index in [4.69, 9.17) is 38.5 Å². The summed E-state index contributed by atoms with van der Waals surface area (Å²) in [5.74, 6) is 0.353. The maximum absolute atomic E-state index is 8.65. The first-order valence-corrected chi connectivity index (χ1v) is 5.62. The van der Waals surface area contributed by atoms with E-state index < -0.39 is 0 Å². The van der Waals surface area contributed by atoms with Crippen LogP contribution in [0.1, 0.15) is 5.56 Å². The van der Waals surface area contributed by atoms with E-state index in [0.29, 0.717) is 21.4 Å². The number of nitriles is 2. The highest BCUT2D eigenvalue weighted by Crippen LogP contribution is 2.34. The van der Waals surface area contributed by atoms with Crippen molar-refractivity contribution in [2.75, 3.05) is 6.61 Å². The van der Waals surface area contributed by atoms with E-state index in [0.717, 1.165) is 0 Å². The number of halogens is 2. The maximum atomic E-state index is 8.65. The molecule has 0 radical (unpaired) electrons. The van der Waals surface area contributed by atoms with Gasteiger partial charge in [-0.15, -0.1) is 0 Å². The van der Waals surface area contributed by atoms with E-state index in [1.165, 1.54) is 6.08 Å². The van der Waals surface area contributed by atoms with Crippen LogP contribution in [-0.2, 0) is 0 Å². The van der Waals surface area contributed by atoms with Crippen molar-refractivity contribution in [3.05, 3.63) is 46.0 Å². The molecule has 0 bridgehead atoms. The van der Waals surface area contributed by atoms with Crippen LogP contribution in [-0.4, -0.2) is 6.61 Å². The summed E-state index contributed by atoms with van der Waals surface area (Å²) in [5, 5.41) is 17.9. The van der Waals surface area contributed by atoms with Gasteiger partial charge in [0.05, 0.1) is 10.0 Å². The quantitative estimate of drug-likeness (QED) is 0.618. The van der Waals surface area contributed by atoms with Crippen molar-refractivity contribution in [1.29, 1.82) is 10.5 Å². The van der Waals surface area contributed by atoms with E-state index in [1.54, 1.807) is 30.3 Å². The molecule has 0 aliphatic rings. The third-order valence-electron chi connectivity index (χ3n) is 1.92. The topological polar surface area (TPSA) is 56.8 Å². The lowest BCUT2D eigenvalue weighted by atomic mass is 10.1. The van der Waals surface area contributed by atoms with Gasteiger partial charge in [-0.2, -0.15) is 10.5 Å². The molecule has 90 valence electrons. The van der Waals surface area contributed by atoms with Gasteiger partial charge in [-0.1, -0.05) is 35.9 Å². The van der Waals surface area contributed by atoms with Crippen LogP contribution in [0.2, 0.25) is 10.0 Å². The zero-order valence-corrected chi connectivity index (χ0v) is 10.8. The zero-order valence-electron chi connectivity index (χ0n) is 9.28. The largest absolute Gasteiger partial charge is 0.486 e. The summed E-state index contributed by atoms with van der Waals surface area (Å²) in [6.07, 6.45) is 2.97. The molecule has 1 aromatic rings. The van der Waals surface area contributed by atoms with E-state index in [1.807, 2.05) is 0 Å². The lowest BCUT2D eigenvalue weighted by molar-refractivity contribution is 0.363. The molecule has 3 nitrogen and oxygen atoms in total. The predicted molar refractivity (Wildman–Crippen MR) is 71.4 cm³/mol. The Morgan fingerprint density at radius 1 is 1.28 bits per heavy atom. The molecule has 5 heteroatoms. The van der Waals surface area contributed by atoms with Gasteiger partial charge >= 0.3 is 0 Å². The fraction of sp³-hybridized carbons (Fsp3) is 0.0769.